The molecule has 2 aromatic carbocycles. The predicted molar refractivity (Wildman–Crippen MR) is 96.4 cm³/mol. The van der Waals surface area contributed by atoms with Crippen molar-refractivity contribution < 1.29 is 17.6 Å². The van der Waals surface area contributed by atoms with Gasteiger partial charge < -0.3 is 9.15 Å². The van der Waals surface area contributed by atoms with Crippen molar-refractivity contribution in [3.63, 3.8) is 0 Å². The summed E-state index contributed by atoms with van der Waals surface area (Å²) >= 11 is 5.85. The van der Waals surface area contributed by atoms with Crippen LogP contribution in [0.4, 0.5) is 0 Å². The third kappa shape index (κ3) is 3.87. The Bertz CT molecular complexity index is 986. The van der Waals surface area contributed by atoms with Crippen molar-refractivity contribution in [2.45, 2.75) is 11.4 Å². The summed E-state index contributed by atoms with van der Waals surface area (Å²) in [7, 11) is -0.723. The molecular formula is C17H16ClN3O4S. The fourth-order valence-electron chi connectivity index (χ4n) is 2.23. The molecule has 136 valence electrons. The highest BCUT2D eigenvalue weighted by Gasteiger charge is 2.23. The van der Waals surface area contributed by atoms with Gasteiger partial charge in [-0.05, 0) is 48.5 Å². The summed E-state index contributed by atoms with van der Waals surface area (Å²) in [5, 5.41) is 8.46. The molecule has 0 saturated heterocycles. The number of hydrogen-bond acceptors (Lipinski definition) is 6. The van der Waals surface area contributed by atoms with Crippen LogP contribution in [0.1, 0.15) is 5.89 Å². The Balaban J connectivity index is 1.76. The van der Waals surface area contributed by atoms with Gasteiger partial charge in [-0.2, -0.15) is 4.31 Å². The van der Waals surface area contributed by atoms with Crippen molar-refractivity contribution >= 4 is 21.6 Å². The molecule has 0 atom stereocenters. The summed E-state index contributed by atoms with van der Waals surface area (Å²) < 4.78 is 37.0. The van der Waals surface area contributed by atoms with E-state index in [0.29, 0.717) is 22.2 Å². The van der Waals surface area contributed by atoms with Crippen LogP contribution in [0.25, 0.3) is 11.5 Å². The molecule has 1 heterocycles. The molecule has 0 aliphatic rings. The first kappa shape index (κ1) is 18.4. The minimum absolute atomic E-state index is 0.0467. The molecule has 0 unspecified atom stereocenters. The second kappa shape index (κ2) is 7.45. The van der Waals surface area contributed by atoms with Gasteiger partial charge in [-0.15, -0.1) is 10.2 Å². The lowest BCUT2D eigenvalue weighted by atomic mass is 10.2. The number of nitrogens with zero attached hydrogens (tertiary/aromatic N) is 3. The maximum absolute atomic E-state index is 12.6. The zero-order valence-electron chi connectivity index (χ0n) is 14.1. The topological polar surface area (TPSA) is 85.5 Å². The Morgan fingerprint density at radius 2 is 1.73 bits per heavy atom. The van der Waals surface area contributed by atoms with E-state index in [9.17, 15) is 8.42 Å². The van der Waals surface area contributed by atoms with Crippen LogP contribution in [0, 0.1) is 0 Å². The number of ether oxygens (including phenoxy) is 1. The second-order valence-electron chi connectivity index (χ2n) is 5.44. The van der Waals surface area contributed by atoms with Gasteiger partial charge in [0.1, 0.15) is 5.75 Å². The van der Waals surface area contributed by atoms with E-state index >= 15 is 0 Å². The van der Waals surface area contributed by atoms with Crippen molar-refractivity contribution in [2.75, 3.05) is 14.2 Å². The monoisotopic (exact) mass is 393 g/mol. The summed E-state index contributed by atoms with van der Waals surface area (Å²) in [6.45, 7) is -0.0467. The smallest absolute Gasteiger partial charge is 0.247 e. The van der Waals surface area contributed by atoms with E-state index in [1.165, 1.54) is 26.3 Å². The molecule has 0 radical (unpaired) electrons. The first-order valence-electron chi connectivity index (χ1n) is 7.59. The summed E-state index contributed by atoms with van der Waals surface area (Å²) in [5.41, 5.74) is 0.703. The van der Waals surface area contributed by atoms with Gasteiger partial charge in [0.2, 0.25) is 21.8 Å². The fourth-order valence-corrected chi connectivity index (χ4v) is 3.48. The number of halogens is 1. The molecule has 3 aromatic rings. The average molecular weight is 394 g/mol. The lowest BCUT2D eigenvalue weighted by Gasteiger charge is -2.15. The van der Waals surface area contributed by atoms with Gasteiger partial charge >= 0.3 is 0 Å². The van der Waals surface area contributed by atoms with Crippen LogP contribution in [0.3, 0.4) is 0 Å². The molecule has 1 aromatic heterocycles. The number of aromatic nitrogens is 2. The molecule has 3 rings (SSSR count). The third-order valence-corrected chi connectivity index (χ3v) is 5.75. The fraction of sp³-hybridized carbons (Fsp3) is 0.176. The summed E-state index contributed by atoms with van der Waals surface area (Å²) in [6.07, 6.45) is 0. The van der Waals surface area contributed by atoms with E-state index in [2.05, 4.69) is 10.2 Å². The van der Waals surface area contributed by atoms with Gasteiger partial charge in [0.15, 0.2) is 0 Å². The highest BCUT2D eigenvalue weighted by atomic mass is 35.5. The summed E-state index contributed by atoms with van der Waals surface area (Å²) in [4.78, 5) is 0.151. The van der Waals surface area contributed by atoms with Crippen LogP contribution in [-0.2, 0) is 16.6 Å². The maximum atomic E-state index is 12.6. The Kier molecular flexibility index (Phi) is 5.26. The van der Waals surface area contributed by atoms with E-state index in [0.717, 1.165) is 4.31 Å². The molecule has 0 bridgehead atoms. The van der Waals surface area contributed by atoms with E-state index in [1.807, 2.05) is 0 Å². The van der Waals surface area contributed by atoms with Crippen LogP contribution in [-0.4, -0.2) is 37.1 Å². The van der Waals surface area contributed by atoms with E-state index in [4.69, 9.17) is 20.8 Å². The highest BCUT2D eigenvalue weighted by Crippen LogP contribution is 2.23. The quantitative estimate of drug-likeness (QED) is 0.639. The van der Waals surface area contributed by atoms with Crippen LogP contribution >= 0.6 is 11.6 Å². The van der Waals surface area contributed by atoms with Gasteiger partial charge in [0, 0.05) is 17.6 Å². The zero-order valence-corrected chi connectivity index (χ0v) is 15.7. The van der Waals surface area contributed by atoms with Gasteiger partial charge in [-0.25, -0.2) is 8.42 Å². The van der Waals surface area contributed by atoms with Gasteiger partial charge in [0.05, 0.1) is 18.6 Å². The largest absolute Gasteiger partial charge is 0.497 e. The Labute approximate surface area is 156 Å². The maximum Gasteiger partial charge on any atom is 0.247 e. The lowest BCUT2D eigenvalue weighted by molar-refractivity contribution is 0.399. The lowest BCUT2D eigenvalue weighted by Crippen LogP contribution is -2.26. The summed E-state index contributed by atoms with van der Waals surface area (Å²) in [5.74, 6) is 1.07. The first-order valence-corrected chi connectivity index (χ1v) is 9.40. The van der Waals surface area contributed by atoms with E-state index < -0.39 is 10.0 Å². The molecule has 0 saturated carbocycles. The molecule has 0 aliphatic heterocycles. The van der Waals surface area contributed by atoms with Gasteiger partial charge in [-0.3, -0.25) is 0 Å². The minimum atomic E-state index is -3.69. The third-order valence-electron chi connectivity index (χ3n) is 3.68. The molecule has 0 spiro atoms. The van der Waals surface area contributed by atoms with Crippen molar-refractivity contribution in [1.29, 1.82) is 0 Å². The SMILES string of the molecule is COc1ccc(S(=O)(=O)N(C)Cc2nnc(-c3ccc(Cl)cc3)o2)cc1. The van der Waals surface area contributed by atoms with Crippen molar-refractivity contribution in [1.82, 2.24) is 14.5 Å². The summed E-state index contributed by atoms with van der Waals surface area (Å²) in [6, 6.07) is 13.1. The Morgan fingerprint density at radius 1 is 1.08 bits per heavy atom. The Hall–Kier alpha value is -2.42. The second-order valence-corrected chi connectivity index (χ2v) is 7.93. The van der Waals surface area contributed by atoms with Crippen molar-refractivity contribution in [2.24, 2.45) is 0 Å². The molecule has 26 heavy (non-hydrogen) atoms. The number of methoxy groups -OCH3 is 1. The van der Waals surface area contributed by atoms with Crippen LogP contribution < -0.4 is 4.74 Å². The van der Waals surface area contributed by atoms with E-state index in [1.54, 1.807) is 36.4 Å². The number of benzene rings is 2. The number of sulfonamides is 1. The van der Waals surface area contributed by atoms with Crippen LogP contribution in [0.2, 0.25) is 5.02 Å². The highest BCUT2D eigenvalue weighted by molar-refractivity contribution is 7.89. The molecule has 0 fully saturated rings. The number of hydrogen-bond donors (Lipinski definition) is 0. The zero-order chi connectivity index (χ0) is 18.7. The number of rotatable bonds is 6. The van der Waals surface area contributed by atoms with E-state index in [-0.39, 0.29) is 17.3 Å². The predicted octanol–water partition coefficient (Wildman–Crippen LogP) is 3.22. The van der Waals surface area contributed by atoms with Gasteiger partial charge in [-0.1, -0.05) is 11.6 Å². The normalized spacial score (nSPS) is 11.7. The molecule has 0 amide bonds. The molecule has 0 aliphatic carbocycles. The minimum Gasteiger partial charge on any atom is -0.497 e. The molecule has 7 nitrogen and oxygen atoms in total. The molecule has 0 N–H and O–H groups in total. The van der Waals surface area contributed by atoms with Crippen LogP contribution in [0.15, 0.2) is 57.8 Å². The van der Waals surface area contributed by atoms with Crippen molar-refractivity contribution in [3.05, 3.63) is 59.4 Å². The molecule has 9 heteroatoms. The molecular weight excluding hydrogens is 378 g/mol. The standard InChI is InChI=1S/C17H16ClN3O4S/c1-21(26(22,23)15-9-7-14(24-2)8-10-15)11-16-19-20-17(25-16)12-3-5-13(18)6-4-12/h3-10H,11H2,1-2H3. The van der Waals surface area contributed by atoms with Crippen LogP contribution in [0.5, 0.6) is 5.75 Å². The Morgan fingerprint density at radius 3 is 2.35 bits per heavy atom. The first-order chi connectivity index (χ1) is 12.4. The average Bonchev–Trinajstić information content (AvgIpc) is 3.10. The van der Waals surface area contributed by atoms with Gasteiger partial charge in [0.25, 0.3) is 0 Å². The van der Waals surface area contributed by atoms with Crippen molar-refractivity contribution in [3.8, 4) is 17.2 Å².